The van der Waals surface area contributed by atoms with Crippen molar-refractivity contribution in [1.82, 2.24) is 15.4 Å². The zero-order valence-electron chi connectivity index (χ0n) is 17.4. The van der Waals surface area contributed by atoms with Gasteiger partial charge < -0.3 is 14.6 Å². The molecule has 2 heterocycles. The molecule has 1 atom stereocenters. The molecule has 0 bridgehead atoms. The van der Waals surface area contributed by atoms with Gasteiger partial charge in [-0.25, -0.2) is 0 Å². The van der Waals surface area contributed by atoms with Crippen molar-refractivity contribution in [2.45, 2.75) is 39.5 Å². The maximum absolute atomic E-state index is 12.6. The van der Waals surface area contributed by atoms with E-state index in [0.29, 0.717) is 17.9 Å². The van der Waals surface area contributed by atoms with Gasteiger partial charge in [-0.3, -0.25) is 9.69 Å². The monoisotopic (exact) mass is 405 g/mol. The lowest BCUT2D eigenvalue weighted by Crippen LogP contribution is -2.36. The molecule has 0 saturated carbocycles. The highest BCUT2D eigenvalue weighted by molar-refractivity contribution is 5.94. The Hall–Kier alpha value is -3.12. The lowest BCUT2D eigenvalue weighted by atomic mass is 10.1. The van der Waals surface area contributed by atoms with Gasteiger partial charge in [-0.15, -0.1) is 0 Å². The summed E-state index contributed by atoms with van der Waals surface area (Å²) in [4.78, 5) is 15.0. The zero-order valence-corrected chi connectivity index (χ0v) is 17.4. The number of hydrogen-bond donors (Lipinski definition) is 1. The quantitative estimate of drug-likeness (QED) is 0.646. The van der Waals surface area contributed by atoms with Gasteiger partial charge in [0.25, 0.3) is 5.91 Å². The molecule has 2 aromatic carbocycles. The summed E-state index contributed by atoms with van der Waals surface area (Å²) in [6, 6.07) is 17.9. The summed E-state index contributed by atoms with van der Waals surface area (Å²) < 4.78 is 11.0. The van der Waals surface area contributed by atoms with Crippen molar-refractivity contribution < 1.29 is 14.1 Å². The molecule has 1 fully saturated rings. The highest BCUT2D eigenvalue weighted by Gasteiger charge is 2.24. The number of amides is 1. The predicted molar refractivity (Wildman–Crippen MR) is 114 cm³/mol. The van der Waals surface area contributed by atoms with Crippen LogP contribution in [0.2, 0.25) is 0 Å². The van der Waals surface area contributed by atoms with Crippen LogP contribution in [0, 0.1) is 13.8 Å². The first-order valence-corrected chi connectivity index (χ1v) is 10.3. The number of nitrogens with one attached hydrogen (secondary N) is 1. The summed E-state index contributed by atoms with van der Waals surface area (Å²) in [7, 11) is 0. The van der Waals surface area contributed by atoms with E-state index in [1.54, 1.807) is 12.1 Å². The highest BCUT2D eigenvalue weighted by Crippen LogP contribution is 2.19. The molecule has 3 aromatic rings. The van der Waals surface area contributed by atoms with Crippen molar-refractivity contribution in [1.29, 1.82) is 0 Å². The van der Waals surface area contributed by atoms with Crippen LogP contribution in [0.5, 0.6) is 5.75 Å². The molecule has 30 heavy (non-hydrogen) atoms. The van der Waals surface area contributed by atoms with Crippen LogP contribution in [0.25, 0.3) is 0 Å². The predicted octanol–water partition coefficient (Wildman–Crippen LogP) is 3.87. The molecule has 1 aliphatic rings. The van der Waals surface area contributed by atoms with E-state index in [0.717, 1.165) is 43.1 Å². The Bertz CT molecular complexity index is 963. The van der Waals surface area contributed by atoms with E-state index in [2.05, 4.69) is 39.6 Å². The molecule has 6 nitrogen and oxygen atoms in total. The molecule has 6 heteroatoms. The lowest BCUT2D eigenvalue weighted by Gasteiger charge is -2.17. The summed E-state index contributed by atoms with van der Waals surface area (Å²) >= 11 is 0. The van der Waals surface area contributed by atoms with E-state index in [-0.39, 0.29) is 11.9 Å². The number of carbonyl (C=O) groups is 1. The molecule has 1 N–H and O–H groups in total. The molecule has 0 aliphatic carbocycles. The minimum Gasteiger partial charge on any atom is -0.489 e. The number of likely N-dealkylation sites (tertiary alicyclic amines) is 1. The minimum absolute atomic E-state index is 0.0427. The van der Waals surface area contributed by atoms with Gasteiger partial charge in [0.1, 0.15) is 18.1 Å². The van der Waals surface area contributed by atoms with Gasteiger partial charge in [0, 0.05) is 31.2 Å². The fraction of sp³-hybridized carbons (Fsp3) is 0.333. The Balaban J connectivity index is 1.27. The van der Waals surface area contributed by atoms with Gasteiger partial charge in [-0.1, -0.05) is 35.5 Å². The van der Waals surface area contributed by atoms with Gasteiger partial charge in [-0.2, -0.15) is 0 Å². The standard InChI is InChI=1S/C24H27N3O3/c1-17-23(18(2)30-26-17)16-29-22-10-8-20(9-11-22)24(28)25-21-12-13-27(15-21)14-19-6-4-3-5-7-19/h3-11,21H,12-16H2,1-2H3,(H,25,28)/t21-/m0/s1. The summed E-state index contributed by atoms with van der Waals surface area (Å²) in [5.74, 6) is 1.43. The smallest absolute Gasteiger partial charge is 0.251 e. The first-order valence-electron chi connectivity index (χ1n) is 10.3. The molecule has 1 saturated heterocycles. The van der Waals surface area contributed by atoms with Crippen LogP contribution in [0.1, 0.15) is 39.4 Å². The topological polar surface area (TPSA) is 67.6 Å². The SMILES string of the molecule is Cc1noc(C)c1COc1ccc(C(=O)N[C@H]2CCN(Cc3ccccc3)C2)cc1. The third-order valence-electron chi connectivity index (χ3n) is 5.54. The second kappa shape index (κ2) is 9.13. The maximum atomic E-state index is 12.6. The number of rotatable bonds is 7. The largest absolute Gasteiger partial charge is 0.489 e. The van der Waals surface area contributed by atoms with E-state index >= 15 is 0 Å². The maximum Gasteiger partial charge on any atom is 0.251 e. The van der Waals surface area contributed by atoms with Crippen LogP contribution >= 0.6 is 0 Å². The van der Waals surface area contributed by atoms with Crippen molar-refractivity contribution in [3.05, 3.63) is 82.7 Å². The zero-order chi connectivity index (χ0) is 20.9. The van der Waals surface area contributed by atoms with Crippen LogP contribution in [-0.2, 0) is 13.2 Å². The van der Waals surface area contributed by atoms with Crippen molar-refractivity contribution in [3.63, 3.8) is 0 Å². The van der Waals surface area contributed by atoms with Crippen molar-refractivity contribution in [3.8, 4) is 5.75 Å². The molecule has 0 unspecified atom stereocenters. The van der Waals surface area contributed by atoms with Gasteiger partial charge in [0.05, 0.1) is 11.3 Å². The van der Waals surface area contributed by atoms with Gasteiger partial charge in [0.15, 0.2) is 0 Å². The van der Waals surface area contributed by atoms with Crippen molar-refractivity contribution in [2.75, 3.05) is 13.1 Å². The molecule has 4 rings (SSSR count). The molecule has 156 valence electrons. The van der Waals surface area contributed by atoms with E-state index in [4.69, 9.17) is 9.26 Å². The van der Waals surface area contributed by atoms with E-state index in [9.17, 15) is 4.79 Å². The normalized spacial score (nSPS) is 16.5. The van der Waals surface area contributed by atoms with Gasteiger partial charge >= 0.3 is 0 Å². The number of aromatic nitrogens is 1. The molecular formula is C24H27N3O3. The summed E-state index contributed by atoms with van der Waals surface area (Å²) in [5.41, 5.74) is 3.73. The third-order valence-corrected chi connectivity index (χ3v) is 5.54. The summed E-state index contributed by atoms with van der Waals surface area (Å²) in [5, 5.41) is 7.09. The number of nitrogens with zero attached hydrogens (tertiary/aromatic N) is 2. The first-order chi connectivity index (χ1) is 14.6. The Kier molecular flexibility index (Phi) is 6.14. The van der Waals surface area contributed by atoms with Crippen LogP contribution in [0.3, 0.4) is 0 Å². The number of ether oxygens (including phenoxy) is 1. The molecule has 0 radical (unpaired) electrons. The minimum atomic E-state index is -0.0427. The fourth-order valence-electron chi connectivity index (χ4n) is 3.77. The summed E-state index contributed by atoms with van der Waals surface area (Å²) in [6.07, 6.45) is 0.969. The molecule has 1 amide bonds. The first kappa shape index (κ1) is 20.2. The number of carbonyl (C=O) groups excluding carboxylic acids is 1. The average Bonchev–Trinajstić information content (AvgIpc) is 3.33. The van der Waals surface area contributed by atoms with E-state index in [1.807, 2.05) is 32.0 Å². The third kappa shape index (κ3) is 4.89. The highest BCUT2D eigenvalue weighted by atomic mass is 16.5. The molecule has 0 spiro atoms. The fourth-order valence-corrected chi connectivity index (χ4v) is 3.77. The lowest BCUT2D eigenvalue weighted by molar-refractivity contribution is 0.0937. The number of hydrogen-bond acceptors (Lipinski definition) is 5. The number of aryl methyl sites for hydroxylation is 2. The molecule has 1 aliphatic heterocycles. The van der Waals surface area contributed by atoms with Crippen LogP contribution in [-0.4, -0.2) is 35.1 Å². The van der Waals surface area contributed by atoms with Crippen LogP contribution < -0.4 is 10.1 Å². The van der Waals surface area contributed by atoms with Crippen LogP contribution in [0.15, 0.2) is 59.1 Å². The van der Waals surface area contributed by atoms with Crippen molar-refractivity contribution in [2.24, 2.45) is 0 Å². The second-order valence-electron chi connectivity index (χ2n) is 7.80. The number of benzene rings is 2. The molecular weight excluding hydrogens is 378 g/mol. The molecule has 1 aromatic heterocycles. The van der Waals surface area contributed by atoms with Crippen molar-refractivity contribution >= 4 is 5.91 Å². The van der Waals surface area contributed by atoms with E-state index < -0.39 is 0 Å². The average molecular weight is 405 g/mol. The van der Waals surface area contributed by atoms with Crippen LogP contribution in [0.4, 0.5) is 0 Å². The van der Waals surface area contributed by atoms with E-state index in [1.165, 1.54) is 5.56 Å². The Morgan fingerprint density at radius 3 is 2.63 bits per heavy atom. The summed E-state index contributed by atoms with van der Waals surface area (Å²) in [6.45, 7) is 6.95. The Morgan fingerprint density at radius 1 is 1.17 bits per heavy atom. The second-order valence-corrected chi connectivity index (χ2v) is 7.80. The Labute approximate surface area is 176 Å². The van der Waals surface area contributed by atoms with Gasteiger partial charge in [-0.05, 0) is 50.1 Å². The Morgan fingerprint density at radius 2 is 1.93 bits per heavy atom. The van der Waals surface area contributed by atoms with Gasteiger partial charge in [0.2, 0.25) is 0 Å².